The Morgan fingerprint density at radius 3 is 2.67 bits per heavy atom. The molecule has 2 aromatic carbocycles. The van der Waals surface area contributed by atoms with Gasteiger partial charge in [-0.3, -0.25) is 9.48 Å². The zero-order valence-corrected chi connectivity index (χ0v) is 21.3. The summed E-state index contributed by atoms with van der Waals surface area (Å²) in [6.45, 7) is 14.9. The standard InChI is InChI=1S/C26H25ClN6O3/c1-14-9-16(27)11-19(22(14)28-5)23-20(12-30-33(23)6)15-7-8-17-18(10-15)21(31-32-24(17)34)13-29-25(35)36-26(2,3)4/h7-12H,13H2,1-4,6H3,(H,29,35)(H,32,34). The number of nitrogens with one attached hydrogen (secondary N) is 2. The zero-order chi connectivity index (χ0) is 26.2. The van der Waals surface area contributed by atoms with E-state index in [0.717, 1.165) is 22.4 Å². The molecule has 0 fully saturated rings. The maximum absolute atomic E-state index is 12.5. The number of H-pyrrole nitrogens is 1. The first-order chi connectivity index (χ1) is 17.0. The summed E-state index contributed by atoms with van der Waals surface area (Å²) in [6.07, 6.45) is 1.12. The first kappa shape index (κ1) is 24.9. The summed E-state index contributed by atoms with van der Waals surface area (Å²) in [6, 6.07) is 8.87. The summed E-state index contributed by atoms with van der Waals surface area (Å²) in [7, 11) is 1.80. The third-order valence-corrected chi connectivity index (χ3v) is 5.77. The van der Waals surface area contributed by atoms with E-state index in [1.807, 2.05) is 19.1 Å². The van der Waals surface area contributed by atoms with Gasteiger partial charge in [0.25, 0.3) is 5.56 Å². The van der Waals surface area contributed by atoms with E-state index in [0.29, 0.717) is 32.7 Å². The number of benzene rings is 2. The average Bonchev–Trinajstić information content (AvgIpc) is 3.18. The minimum Gasteiger partial charge on any atom is -0.444 e. The molecule has 0 atom stereocenters. The molecule has 0 aliphatic carbocycles. The molecule has 2 aromatic heterocycles. The van der Waals surface area contributed by atoms with Crippen molar-refractivity contribution < 1.29 is 9.53 Å². The lowest BCUT2D eigenvalue weighted by Crippen LogP contribution is -2.32. The number of amides is 1. The number of carbonyl (C=O) groups is 1. The van der Waals surface area contributed by atoms with Gasteiger partial charge in [0, 0.05) is 28.6 Å². The molecule has 0 spiro atoms. The fourth-order valence-corrected chi connectivity index (χ4v) is 4.30. The van der Waals surface area contributed by atoms with Crippen LogP contribution in [0.25, 0.3) is 38.0 Å². The number of rotatable bonds is 4. The predicted molar refractivity (Wildman–Crippen MR) is 139 cm³/mol. The summed E-state index contributed by atoms with van der Waals surface area (Å²) in [5.41, 5.74) is 3.67. The Balaban J connectivity index is 1.82. The van der Waals surface area contributed by atoms with Crippen molar-refractivity contribution in [1.82, 2.24) is 25.3 Å². The predicted octanol–water partition coefficient (Wildman–Crippen LogP) is 5.53. The third-order valence-electron chi connectivity index (χ3n) is 5.55. The molecule has 0 aliphatic heterocycles. The minimum atomic E-state index is -0.642. The molecular weight excluding hydrogens is 480 g/mol. The van der Waals surface area contributed by atoms with Crippen LogP contribution < -0.4 is 10.9 Å². The van der Waals surface area contributed by atoms with Crippen LogP contribution in [-0.4, -0.2) is 31.7 Å². The molecule has 0 saturated heterocycles. The number of aromatic nitrogens is 4. The number of hydrogen-bond acceptors (Lipinski definition) is 5. The molecule has 0 saturated carbocycles. The highest BCUT2D eigenvalue weighted by atomic mass is 35.5. The molecule has 2 N–H and O–H groups in total. The highest BCUT2D eigenvalue weighted by Crippen LogP contribution is 2.41. The van der Waals surface area contributed by atoms with Crippen molar-refractivity contribution in [2.24, 2.45) is 7.05 Å². The largest absolute Gasteiger partial charge is 0.444 e. The summed E-state index contributed by atoms with van der Waals surface area (Å²) in [4.78, 5) is 28.4. The molecule has 10 heteroatoms. The number of hydrogen-bond donors (Lipinski definition) is 2. The van der Waals surface area contributed by atoms with E-state index in [-0.39, 0.29) is 12.1 Å². The number of halogens is 1. The van der Waals surface area contributed by atoms with E-state index in [1.165, 1.54) is 0 Å². The summed E-state index contributed by atoms with van der Waals surface area (Å²) in [5.74, 6) is 0. The van der Waals surface area contributed by atoms with E-state index in [4.69, 9.17) is 22.9 Å². The molecule has 0 unspecified atom stereocenters. The highest BCUT2D eigenvalue weighted by Gasteiger charge is 2.20. The summed E-state index contributed by atoms with van der Waals surface area (Å²) in [5, 5.41) is 15.3. The lowest BCUT2D eigenvalue weighted by atomic mass is 9.96. The van der Waals surface area contributed by atoms with Crippen molar-refractivity contribution >= 4 is 34.2 Å². The van der Waals surface area contributed by atoms with Crippen LogP contribution in [0.3, 0.4) is 0 Å². The van der Waals surface area contributed by atoms with E-state index in [9.17, 15) is 9.59 Å². The van der Waals surface area contributed by atoms with Gasteiger partial charge in [-0.1, -0.05) is 23.7 Å². The molecule has 4 rings (SSSR count). The normalized spacial score (nSPS) is 11.4. The SMILES string of the molecule is [C-]#[N+]c1c(C)cc(Cl)cc1-c1c(-c2ccc3c(=O)[nH]nc(CNC(=O)OC(C)(C)C)c3c2)cnn1C. The molecule has 9 nitrogen and oxygen atoms in total. The number of fused-ring (bicyclic) bond motifs is 1. The Labute approximate surface area is 212 Å². The number of aryl methyl sites for hydroxylation is 2. The Morgan fingerprint density at radius 2 is 1.97 bits per heavy atom. The fraction of sp³-hybridized carbons (Fsp3) is 0.269. The van der Waals surface area contributed by atoms with Crippen LogP contribution in [0.15, 0.2) is 41.3 Å². The molecule has 0 aliphatic rings. The second-order valence-electron chi connectivity index (χ2n) is 9.38. The first-order valence-corrected chi connectivity index (χ1v) is 11.5. The van der Waals surface area contributed by atoms with Gasteiger partial charge < -0.3 is 10.1 Å². The minimum absolute atomic E-state index is 0.0565. The monoisotopic (exact) mass is 504 g/mol. The van der Waals surface area contributed by atoms with Crippen LogP contribution in [-0.2, 0) is 18.3 Å². The van der Waals surface area contributed by atoms with Gasteiger partial charge in [0.15, 0.2) is 5.69 Å². The van der Waals surface area contributed by atoms with Crippen molar-refractivity contribution in [2.75, 3.05) is 0 Å². The molecular formula is C26H25ClN6O3. The van der Waals surface area contributed by atoms with Gasteiger partial charge in [-0.25, -0.2) is 14.7 Å². The zero-order valence-electron chi connectivity index (χ0n) is 20.6. The van der Waals surface area contributed by atoms with Gasteiger partial charge in [0.1, 0.15) is 5.60 Å². The van der Waals surface area contributed by atoms with Gasteiger partial charge in [-0.05, 0) is 57.0 Å². The van der Waals surface area contributed by atoms with Gasteiger partial charge >= 0.3 is 6.09 Å². The van der Waals surface area contributed by atoms with E-state index < -0.39 is 11.7 Å². The molecule has 184 valence electrons. The third kappa shape index (κ3) is 4.95. The number of nitrogens with zero attached hydrogens (tertiary/aromatic N) is 4. The maximum atomic E-state index is 12.5. The molecule has 0 bridgehead atoms. The Hall–Kier alpha value is -4.16. The van der Waals surface area contributed by atoms with Gasteiger partial charge in [0.2, 0.25) is 0 Å². The van der Waals surface area contributed by atoms with E-state index >= 15 is 0 Å². The van der Waals surface area contributed by atoms with Crippen LogP contribution in [0, 0.1) is 13.5 Å². The number of ether oxygens (including phenoxy) is 1. The lowest BCUT2D eigenvalue weighted by Gasteiger charge is -2.19. The van der Waals surface area contributed by atoms with Crippen molar-refractivity contribution in [3.8, 4) is 22.4 Å². The average molecular weight is 505 g/mol. The van der Waals surface area contributed by atoms with Gasteiger partial charge in [-0.15, -0.1) is 0 Å². The number of carbonyl (C=O) groups excluding carboxylic acids is 1. The summed E-state index contributed by atoms with van der Waals surface area (Å²) >= 11 is 6.34. The Bertz CT molecular complexity index is 1590. The van der Waals surface area contributed by atoms with Crippen molar-refractivity contribution in [3.63, 3.8) is 0 Å². The molecule has 36 heavy (non-hydrogen) atoms. The quantitative estimate of drug-likeness (QED) is 0.355. The molecule has 2 heterocycles. The van der Waals surface area contributed by atoms with Crippen molar-refractivity contribution in [1.29, 1.82) is 0 Å². The second-order valence-corrected chi connectivity index (χ2v) is 9.81. The van der Waals surface area contributed by atoms with Gasteiger partial charge in [-0.2, -0.15) is 10.2 Å². The topological polar surface area (TPSA) is 106 Å². The van der Waals surface area contributed by atoms with Crippen LogP contribution in [0.1, 0.15) is 32.0 Å². The Morgan fingerprint density at radius 1 is 1.22 bits per heavy atom. The molecule has 4 aromatic rings. The van der Waals surface area contributed by atoms with Crippen LogP contribution in [0.4, 0.5) is 10.5 Å². The van der Waals surface area contributed by atoms with Gasteiger partial charge in [0.05, 0.1) is 36.1 Å². The number of alkyl carbamates (subject to hydrolysis) is 1. The highest BCUT2D eigenvalue weighted by molar-refractivity contribution is 6.31. The van der Waals surface area contributed by atoms with Crippen LogP contribution in [0.5, 0.6) is 0 Å². The number of aromatic amines is 1. The van der Waals surface area contributed by atoms with Crippen molar-refractivity contribution in [2.45, 2.75) is 39.8 Å². The van der Waals surface area contributed by atoms with E-state index in [2.05, 4.69) is 25.5 Å². The smallest absolute Gasteiger partial charge is 0.407 e. The van der Waals surface area contributed by atoms with Crippen LogP contribution >= 0.6 is 11.6 Å². The molecule has 1 amide bonds. The molecule has 0 radical (unpaired) electrons. The maximum Gasteiger partial charge on any atom is 0.407 e. The lowest BCUT2D eigenvalue weighted by molar-refractivity contribution is 0.0523. The first-order valence-electron chi connectivity index (χ1n) is 11.2. The van der Waals surface area contributed by atoms with E-state index in [1.54, 1.807) is 56.9 Å². The Kier molecular flexibility index (Phi) is 6.57. The van der Waals surface area contributed by atoms with Crippen LogP contribution in [0.2, 0.25) is 5.02 Å². The fourth-order valence-electron chi connectivity index (χ4n) is 4.02. The second kappa shape index (κ2) is 9.47. The van der Waals surface area contributed by atoms with Crippen molar-refractivity contribution in [3.05, 3.63) is 74.6 Å². The summed E-state index contributed by atoms with van der Waals surface area (Å²) < 4.78 is 7.00.